The van der Waals surface area contributed by atoms with Crippen molar-refractivity contribution in [3.63, 3.8) is 0 Å². The minimum Gasteiger partial charge on any atom is -0.369 e. The molecular formula is C21H42N2O. The number of hydrogen-bond acceptors (Lipinski definition) is 2. The molecule has 24 heavy (non-hydrogen) atoms. The first-order valence-electron chi connectivity index (χ1n) is 10.4. The van der Waals surface area contributed by atoms with Crippen LogP contribution in [0, 0.1) is 5.92 Å². The van der Waals surface area contributed by atoms with Gasteiger partial charge in [-0.3, -0.25) is 4.79 Å². The molecule has 0 saturated carbocycles. The summed E-state index contributed by atoms with van der Waals surface area (Å²) in [6.45, 7) is 2.91. The lowest BCUT2D eigenvalue weighted by atomic mass is 9.95. The van der Waals surface area contributed by atoms with Gasteiger partial charge in [0.1, 0.15) is 0 Å². The molecule has 3 nitrogen and oxygen atoms in total. The van der Waals surface area contributed by atoms with Gasteiger partial charge >= 0.3 is 0 Å². The van der Waals surface area contributed by atoms with E-state index in [4.69, 9.17) is 11.5 Å². The van der Waals surface area contributed by atoms with E-state index in [9.17, 15) is 4.79 Å². The Morgan fingerprint density at radius 1 is 0.792 bits per heavy atom. The monoisotopic (exact) mass is 338 g/mol. The second-order valence-corrected chi connectivity index (χ2v) is 7.05. The molecule has 0 saturated heterocycles. The number of amides is 1. The highest BCUT2D eigenvalue weighted by atomic mass is 16.1. The van der Waals surface area contributed by atoms with E-state index in [1.165, 1.54) is 70.6 Å². The molecule has 0 aliphatic carbocycles. The van der Waals surface area contributed by atoms with Gasteiger partial charge in [-0.15, -0.1) is 0 Å². The molecule has 0 aromatic carbocycles. The van der Waals surface area contributed by atoms with Crippen molar-refractivity contribution in [3.05, 3.63) is 12.2 Å². The molecule has 3 heteroatoms. The Kier molecular flexibility index (Phi) is 17.9. The maximum Gasteiger partial charge on any atom is 0.220 e. The first-order chi connectivity index (χ1) is 11.7. The van der Waals surface area contributed by atoms with Gasteiger partial charge < -0.3 is 11.5 Å². The topological polar surface area (TPSA) is 69.1 Å². The molecule has 4 N–H and O–H groups in total. The molecular weight excluding hydrogens is 296 g/mol. The number of carbonyl (C=O) groups excluding carboxylic acids is 1. The summed E-state index contributed by atoms with van der Waals surface area (Å²) in [7, 11) is 0. The summed E-state index contributed by atoms with van der Waals surface area (Å²) in [4.78, 5) is 11.3. The van der Waals surface area contributed by atoms with Crippen molar-refractivity contribution in [3.8, 4) is 0 Å². The summed E-state index contributed by atoms with van der Waals surface area (Å²) >= 11 is 0. The standard InChI is InChI=1S/C21H42N2O/c1-2-3-4-5-6-7-8-9-10-11-12-13-14-15-17-20(21(23)24)18-16-19-22/h9-10,20H,2-8,11-19,22H2,1H3,(H2,23,24). The first kappa shape index (κ1) is 23.2. The van der Waals surface area contributed by atoms with E-state index in [2.05, 4.69) is 19.1 Å². The van der Waals surface area contributed by atoms with Gasteiger partial charge in [-0.05, 0) is 51.5 Å². The van der Waals surface area contributed by atoms with Crippen LogP contribution in [-0.2, 0) is 4.79 Å². The number of allylic oxidation sites excluding steroid dienone is 2. The second kappa shape index (κ2) is 18.5. The van der Waals surface area contributed by atoms with Crippen LogP contribution in [0.1, 0.15) is 103 Å². The smallest absolute Gasteiger partial charge is 0.220 e. The lowest BCUT2D eigenvalue weighted by Gasteiger charge is -2.12. The van der Waals surface area contributed by atoms with Gasteiger partial charge in [-0.1, -0.05) is 70.4 Å². The van der Waals surface area contributed by atoms with E-state index in [1.54, 1.807) is 0 Å². The summed E-state index contributed by atoms with van der Waals surface area (Å²) in [5, 5.41) is 0. The number of carbonyl (C=O) groups is 1. The Balaban J connectivity index is 3.37. The average Bonchev–Trinajstić information content (AvgIpc) is 2.57. The Bertz CT molecular complexity index is 302. The Morgan fingerprint density at radius 3 is 1.83 bits per heavy atom. The highest BCUT2D eigenvalue weighted by Crippen LogP contribution is 2.16. The van der Waals surface area contributed by atoms with E-state index in [0.29, 0.717) is 6.54 Å². The molecule has 0 aromatic heterocycles. The molecule has 0 aromatic rings. The van der Waals surface area contributed by atoms with Crippen LogP contribution in [-0.4, -0.2) is 12.5 Å². The van der Waals surface area contributed by atoms with Gasteiger partial charge in [0, 0.05) is 5.92 Å². The highest BCUT2D eigenvalue weighted by Gasteiger charge is 2.13. The van der Waals surface area contributed by atoms with E-state index >= 15 is 0 Å². The average molecular weight is 339 g/mol. The third-order valence-electron chi connectivity index (χ3n) is 4.72. The van der Waals surface area contributed by atoms with Crippen LogP contribution in [0.2, 0.25) is 0 Å². The summed E-state index contributed by atoms with van der Waals surface area (Å²) in [6, 6.07) is 0. The van der Waals surface area contributed by atoms with Crippen molar-refractivity contribution >= 4 is 5.91 Å². The summed E-state index contributed by atoms with van der Waals surface area (Å²) in [5.74, 6) is -0.119. The number of hydrogen-bond donors (Lipinski definition) is 2. The van der Waals surface area contributed by atoms with Gasteiger partial charge in [0.25, 0.3) is 0 Å². The summed E-state index contributed by atoms with van der Waals surface area (Å²) in [6.07, 6.45) is 22.9. The molecule has 0 spiro atoms. The van der Waals surface area contributed by atoms with Crippen LogP contribution in [0.4, 0.5) is 0 Å². The van der Waals surface area contributed by atoms with Crippen molar-refractivity contribution in [1.29, 1.82) is 0 Å². The summed E-state index contributed by atoms with van der Waals surface area (Å²) in [5.41, 5.74) is 10.9. The van der Waals surface area contributed by atoms with E-state index in [1.807, 2.05) is 0 Å². The third kappa shape index (κ3) is 16.0. The highest BCUT2D eigenvalue weighted by molar-refractivity contribution is 5.76. The van der Waals surface area contributed by atoms with E-state index in [0.717, 1.165) is 25.7 Å². The fourth-order valence-corrected chi connectivity index (χ4v) is 3.08. The maximum atomic E-state index is 11.3. The zero-order valence-corrected chi connectivity index (χ0v) is 16.1. The second-order valence-electron chi connectivity index (χ2n) is 7.05. The summed E-state index contributed by atoms with van der Waals surface area (Å²) < 4.78 is 0. The lowest BCUT2D eigenvalue weighted by molar-refractivity contribution is -0.122. The number of primary amides is 1. The fraction of sp³-hybridized carbons (Fsp3) is 0.857. The predicted octanol–water partition coefficient (Wildman–Crippen LogP) is 5.47. The number of unbranched alkanes of at least 4 members (excludes halogenated alkanes) is 10. The largest absolute Gasteiger partial charge is 0.369 e. The lowest BCUT2D eigenvalue weighted by Crippen LogP contribution is -2.24. The minimum absolute atomic E-state index is 0.0331. The molecule has 1 amide bonds. The Morgan fingerprint density at radius 2 is 1.29 bits per heavy atom. The third-order valence-corrected chi connectivity index (χ3v) is 4.72. The van der Waals surface area contributed by atoms with Crippen LogP contribution >= 0.6 is 0 Å². The van der Waals surface area contributed by atoms with Crippen LogP contribution in [0.5, 0.6) is 0 Å². The first-order valence-corrected chi connectivity index (χ1v) is 10.4. The van der Waals surface area contributed by atoms with Crippen molar-refractivity contribution in [1.82, 2.24) is 0 Å². The van der Waals surface area contributed by atoms with Gasteiger partial charge in [-0.2, -0.15) is 0 Å². The van der Waals surface area contributed by atoms with Gasteiger partial charge in [-0.25, -0.2) is 0 Å². The van der Waals surface area contributed by atoms with Crippen LogP contribution in [0.25, 0.3) is 0 Å². The van der Waals surface area contributed by atoms with Crippen molar-refractivity contribution in [2.24, 2.45) is 17.4 Å². The van der Waals surface area contributed by atoms with Crippen LogP contribution in [0.15, 0.2) is 12.2 Å². The molecule has 0 aliphatic rings. The van der Waals surface area contributed by atoms with E-state index < -0.39 is 0 Å². The molecule has 0 radical (unpaired) electrons. The van der Waals surface area contributed by atoms with Crippen LogP contribution in [0.3, 0.4) is 0 Å². The van der Waals surface area contributed by atoms with E-state index in [-0.39, 0.29) is 11.8 Å². The van der Waals surface area contributed by atoms with Crippen molar-refractivity contribution in [2.45, 2.75) is 103 Å². The van der Waals surface area contributed by atoms with Gasteiger partial charge in [0.05, 0.1) is 0 Å². The zero-order chi connectivity index (χ0) is 17.9. The number of nitrogens with two attached hydrogens (primary N) is 2. The predicted molar refractivity (Wildman–Crippen MR) is 106 cm³/mol. The quantitative estimate of drug-likeness (QED) is 0.257. The molecule has 0 fully saturated rings. The van der Waals surface area contributed by atoms with Gasteiger partial charge in [0.2, 0.25) is 5.91 Å². The van der Waals surface area contributed by atoms with Crippen molar-refractivity contribution in [2.75, 3.05) is 6.54 Å². The molecule has 1 unspecified atom stereocenters. The Labute approximate surface area is 150 Å². The maximum absolute atomic E-state index is 11.3. The molecule has 0 heterocycles. The molecule has 142 valence electrons. The van der Waals surface area contributed by atoms with Gasteiger partial charge in [0.15, 0.2) is 0 Å². The normalized spacial score (nSPS) is 12.8. The zero-order valence-electron chi connectivity index (χ0n) is 16.1. The SMILES string of the molecule is CCCCCCCCC=CCCCCCCC(CCCN)C(N)=O. The molecule has 0 rings (SSSR count). The van der Waals surface area contributed by atoms with Crippen LogP contribution < -0.4 is 11.5 Å². The molecule has 0 bridgehead atoms. The fourth-order valence-electron chi connectivity index (χ4n) is 3.08. The van der Waals surface area contributed by atoms with Crippen molar-refractivity contribution < 1.29 is 4.79 Å². The number of rotatable bonds is 18. The minimum atomic E-state index is -0.152. The molecule has 1 atom stereocenters. The Hall–Kier alpha value is -0.830. The molecule has 0 aliphatic heterocycles.